The Hall–Kier alpha value is -2.54. The van der Waals surface area contributed by atoms with Gasteiger partial charge in [0, 0.05) is 17.1 Å². The fraction of sp³-hybridized carbons (Fsp3) is 0.333. The minimum Gasteiger partial charge on any atom is -0.310 e. The maximum absolute atomic E-state index is 2.44. The van der Waals surface area contributed by atoms with Gasteiger partial charge in [-0.1, -0.05) is 64.1 Å². The molecule has 28 heavy (non-hydrogen) atoms. The minimum atomic E-state index is 0.204. The second-order valence-electron chi connectivity index (χ2n) is 9.51. The molecule has 0 saturated carbocycles. The van der Waals surface area contributed by atoms with Gasteiger partial charge in [0.2, 0.25) is 0 Å². The fourth-order valence-corrected chi connectivity index (χ4v) is 4.51. The normalized spacial score (nSPS) is 17.0. The molecule has 0 aliphatic heterocycles. The number of hydrogen-bond donors (Lipinski definition) is 0. The van der Waals surface area contributed by atoms with Crippen molar-refractivity contribution in [3.63, 3.8) is 0 Å². The van der Waals surface area contributed by atoms with E-state index in [2.05, 4.69) is 112 Å². The summed E-state index contributed by atoms with van der Waals surface area (Å²) in [6.45, 7) is 11.7. The molecule has 1 aliphatic rings. The second-order valence-corrected chi connectivity index (χ2v) is 9.51. The van der Waals surface area contributed by atoms with Crippen molar-refractivity contribution in [2.45, 2.75) is 58.3 Å². The van der Waals surface area contributed by atoms with E-state index < -0.39 is 0 Å². The zero-order valence-electron chi connectivity index (χ0n) is 17.8. The summed E-state index contributed by atoms with van der Waals surface area (Å²) in [4.78, 5) is 2.38. The maximum Gasteiger partial charge on any atom is 0.0464 e. The van der Waals surface area contributed by atoms with Crippen LogP contribution in [0.4, 0.5) is 17.1 Å². The summed E-state index contributed by atoms with van der Waals surface area (Å²) < 4.78 is 0. The number of anilines is 3. The van der Waals surface area contributed by atoms with Crippen LogP contribution in [-0.2, 0) is 10.8 Å². The van der Waals surface area contributed by atoms with Gasteiger partial charge in [0.25, 0.3) is 0 Å². The van der Waals surface area contributed by atoms with E-state index in [4.69, 9.17) is 0 Å². The number of hydrogen-bond acceptors (Lipinski definition) is 1. The van der Waals surface area contributed by atoms with Gasteiger partial charge >= 0.3 is 0 Å². The van der Waals surface area contributed by atoms with Gasteiger partial charge in [-0.3, -0.25) is 0 Å². The first-order valence-electron chi connectivity index (χ1n) is 10.3. The predicted molar refractivity (Wildman–Crippen MR) is 121 cm³/mol. The highest BCUT2D eigenvalue weighted by Gasteiger charge is 2.37. The van der Waals surface area contributed by atoms with Crippen molar-refractivity contribution in [2.24, 2.45) is 0 Å². The van der Waals surface area contributed by atoms with Gasteiger partial charge in [0.15, 0.2) is 0 Å². The summed E-state index contributed by atoms with van der Waals surface area (Å²) in [6.07, 6.45) is 2.47. The first-order chi connectivity index (χ1) is 13.3. The molecule has 0 radical (unpaired) electrons. The predicted octanol–water partition coefficient (Wildman–Crippen LogP) is 7.81. The highest BCUT2D eigenvalue weighted by atomic mass is 15.1. The molecular weight excluding hydrogens is 338 g/mol. The monoisotopic (exact) mass is 369 g/mol. The molecular formula is C27H31N. The van der Waals surface area contributed by atoms with Gasteiger partial charge in [-0.15, -0.1) is 0 Å². The molecule has 0 atom stereocenters. The number of nitrogens with zero attached hydrogens (tertiary/aromatic N) is 1. The Morgan fingerprint density at radius 3 is 1.89 bits per heavy atom. The molecule has 0 bridgehead atoms. The molecule has 0 saturated heterocycles. The molecule has 0 fully saturated rings. The molecule has 1 aliphatic carbocycles. The third kappa shape index (κ3) is 3.35. The molecule has 144 valence electrons. The Kier molecular flexibility index (Phi) is 4.57. The van der Waals surface area contributed by atoms with Gasteiger partial charge < -0.3 is 4.90 Å². The largest absolute Gasteiger partial charge is 0.310 e. The Morgan fingerprint density at radius 2 is 1.21 bits per heavy atom. The Bertz CT molecular complexity index is 982. The van der Waals surface area contributed by atoms with E-state index in [0.717, 1.165) is 0 Å². The second kappa shape index (κ2) is 6.81. The van der Waals surface area contributed by atoms with Gasteiger partial charge in [0.1, 0.15) is 0 Å². The highest BCUT2D eigenvalue weighted by Crippen LogP contribution is 2.48. The number of fused-ring (bicyclic) bond motifs is 1. The maximum atomic E-state index is 2.44. The number of para-hydroxylation sites is 1. The van der Waals surface area contributed by atoms with Crippen LogP contribution < -0.4 is 4.90 Å². The Labute approximate surface area is 170 Å². The lowest BCUT2D eigenvalue weighted by Crippen LogP contribution is -2.34. The van der Waals surface area contributed by atoms with Crippen LogP contribution in [0.25, 0.3) is 0 Å². The van der Waals surface area contributed by atoms with Crippen molar-refractivity contribution in [3.8, 4) is 0 Å². The van der Waals surface area contributed by atoms with Crippen LogP contribution in [0.2, 0.25) is 0 Å². The molecule has 0 amide bonds. The van der Waals surface area contributed by atoms with Crippen LogP contribution in [0.3, 0.4) is 0 Å². The van der Waals surface area contributed by atoms with E-state index in [-0.39, 0.29) is 10.8 Å². The number of benzene rings is 3. The smallest absolute Gasteiger partial charge is 0.0464 e. The zero-order valence-corrected chi connectivity index (χ0v) is 17.8. The summed E-state index contributed by atoms with van der Waals surface area (Å²) in [5, 5.41) is 0. The van der Waals surface area contributed by atoms with E-state index in [1.54, 1.807) is 0 Å². The van der Waals surface area contributed by atoms with E-state index in [1.807, 2.05) is 0 Å². The molecule has 1 heteroatoms. The molecule has 4 rings (SSSR count). The lowest BCUT2D eigenvalue weighted by molar-refractivity contribution is 0.332. The van der Waals surface area contributed by atoms with Gasteiger partial charge in [-0.05, 0) is 83.7 Å². The number of aryl methyl sites for hydroxylation is 1. The zero-order chi connectivity index (χ0) is 19.9. The van der Waals surface area contributed by atoms with Gasteiger partial charge in [0.05, 0.1) is 0 Å². The van der Waals surface area contributed by atoms with E-state index in [0.29, 0.717) is 0 Å². The Balaban J connectivity index is 1.91. The summed E-state index contributed by atoms with van der Waals surface area (Å²) in [7, 11) is 0. The average Bonchev–Trinajstić information content (AvgIpc) is 2.67. The van der Waals surface area contributed by atoms with Crippen LogP contribution in [-0.4, -0.2) is 0 Å². The Morgan fingerprint density at radius 1 is 0.607 bits per heavy atom. The highest BCUT2D eigenvalue weighted by molar-refractivity contribution is 5.77. The van der Waals surface area contributed by atoms with Crippen molar-refractivity contribution in [1.82, 2.24) is 0 Å². The molecule has 0 aromatic heterocycles. The van der Waals surface area contributed by atoms with E-state index >= 15 is 0 Å². The molecule has 0 spiro atoms. The van der Waals surface area contributed by atoms with Crippen molar-refractivity contribution in [3.05, 3.63) is 89.5 Å². The average molecular weight is 370 g/mol. The summed E-state index contributed by atoms with van der Waals surface area (Å²) in [6, 6.07) is 26.6. The summed E-state index contributed by atoms with van der Waals surface area (Å²) in [5.74, 6) is 0. The van der Waals surface area contributed by atoms with Crippen LogP contribution in [0.5, 0.6) is 0 Å². The molecule has 3 aromatic rings. The standard InChI is InChI=1S/C27H31N/c1-20-10-9-13-22(18-20)28(21-11-7-6-8-12-21)23-14-15-24-25(19-23)27(4,5)17-16-26(24,2)3/h6-15,18-19H,16-17H2,1-5H3. The topological polar surface area (TPSA) is 3.24 Å². The lowest BCUT2D eigenvalue weighted by Gasteiger charge is -2.42. The van der Waals surface area contributed by atoms with Crippen LogP contribution in [0.1, 0.15) is 57.2 Å². The minimum absolute atomic E-state index is 0.204. The third-order valence-corrected chi connectivity index (χ3v) is 6.37. The van der Waals surface area contributed by atoms with Crippen LogP contribution >= 0.6 is 0 Å². The molecule has 0 unspecified atom stereocenters. The molecule has 1 nitrogen and oxygen atoms in total. The van der Waals surface area contributed by atoms with Crippen molar-refractivity contribution >= 4 is 17.1 Å². The van der Waals surface area contributed by atoms with Crippen LogP contribution in [0.15, 0.2) is 72.8 Å². The van der Waals surface area contributed by atoms with Crippen LogP contribution in [0, 0.1) is 6.92 Å². The SMILES string of the molecule is Cc1cccc(N(c2ccccc2)c2ccc3c(c2)C(C)(C)CCC3(C)C)c1. The molecule has 0 N–H and O–H groups in total. The van der Waals surface area contributed by atoms with Crippen molar-refractivity contribution < 1.29 is 0 Å². The quantitative estimate of drug-likeness (QED) is 0.455. The van der Waals surface area contributed by atoms with E-state index in [1.165, 1.54) is 46.6 Å². The molecule has 3 aromatic carbocycles. The van der Waals surface area contributed by atoms with Crippen molar-refractivity contribution in [1.29, 1.82) is 0 Å². The van der Waals surface area contributed by atoms with E-state index in [9.17, 15) is 0 Å². The number of rotatable bonds is 3. The first-order valence-corrected chi connectivity index (χ1v) is 10.3. The van der Waals surface area contributed by atoms with Gasteiger partial charge in [-0.25, -0.2) is 0 Å². The molecule has 0 heterocycles. The third-order valence-electron chi connectivity index (χ3n) is 6.37. The fourth-order valence-electron chi connectivity index (χ4n) is 4.51. The summed E-state index contributed by atoms with van der Waals surface area (Å²) in [5.41, 5.74) is 8.36. The van der Waals surface area contributed by atoms with Gasteiger partial charge in [-0.2, -0.15) is 0 Å². The lowest BCUT2D eigenvalue weighted by atomic mass is 9.63. The van der Waals surface area contributed by atoms with Crippen molar-refractivity contribution in [2.75, 3.05) is 4.90 Å². The summed E-state index contributed by atoms with van der Waals surface area (Å²) >= 11 is 0. The first kappa shape index (κ1) is 18.8.